The van der Waals surface area contributed by atoms with Gasteiger partial charge in [0.05, 0.1) is 5.92 Å². The Bertz CT molecular complexity index is 366. The monoisotopic (exact) mass is 282 g/mol. The van der Waals surface area contributed by atoms with E-state index in [1.54, 1.807) is 0 Å². The van der Waals surface area contributed by atoms with Crippen LogP contribution in [0.25, 0.3) is 0 Å². The van der Waals surface area contributed by atoms with Crippen molar-refractivity contribution in [3.63, 3.8) is 0 Å². The summed E-state index contributed by atoms with van der Waals surface area (Å²) < 4.78 is 0. The van der Waals surface area contributed by atoms with Gasteiger partial charge in [-0.25, -0.2) is 4.79 Å². The van der Waals surface area contributed by atoms with Crippen molar-refractivity contribution in [2.45, 2.75) is 52.0 Å². The molecule has 20 heavy (non-hydrogen) atoms. The zero-order valence-corrected chi connectivity index (χ0v) is 12.5. The topological polar surface area (TPSA) is 69.6 Å². The summed E-state index contributed by atoms with van der Waals surface area (Å²) in [5.74, 6) is -0.522. The lowest BCUT2D eigenvalue weighted by Crippen LogP contribution is -2.51. The van der Waals surface area contributed by atoms with Gasteiger partial charge in [0.25, 0.3) is 0 Å². The molecule has 0 aromatic carbocycles. The van der Waals surface area contributed by atoms with Gasteiger partial charge in [-0.05, 0) is 43.9 Å². The van der Waals surface area contributed by atoms with Gasteiger partial charge in [0.1, 0.15) is 0 Å². The highest BCUT2D eigenvalue weighted by atomic mass is 16.4. The summed E-state index contributed by atoms with van der Waals surface area (Å²) in [4.78, 5) is 25.6. The predicted octanol–water partition coefficient (Wildman–Crippen LogP) is 2.32. The highest BCUT2D eigenvalue weighted by Gasteiger charge is 2.51. The van der Waals surface area contributed by atoms with Crippen molar-refractivity contribution < 1.29 is 14.7 Å². The lowest BCUT2D eigenvalue weighted by Gasteiger charge is -2.31. The number of hydrogen-bond donors (Lipinski definition) is 2. The predicted molar refractivity (Wildman–Crippen MR) is 76.4 cm³/mol. The number of rotatable bonds is 6. The number of carboxylic acids is 1. The van der Waals surface area contributed by atoms with Crippen LogP contribution < -0.4 is 5.32 Å². The molecular formula is C15H26N2O3. The molecule has 4 unspecified atom stereocenters. The van der Waals surface area contributed by atoms with Crippen molar-refractivity contribution >= 4 is 12.0 Å². The van der Waals surface area contributed by atoms with Gasteiger partial charge in [-0.1, -0.05) is 13.8 Å². The quantitative estimate of drug-likeness (QED) is 0.785. The number of carboxylic acid groups (broad SMARTS) is 1. The molecule has 4 atom stereocenters. The first-order valence-electron chi connectivity index (χ1n) is 7.86. The minimum Gasteiger partial charge on any atom is -0.481 e. The van der Waals surface area contributed by atoms with Crippen molar-refractivity contribution in [3.8, 4) is 0 Å². The smallest absolute Gasteiger partial charge is 0.317 e. The first-order chi connectivity index (χ1) is 9.58. The van der Waals surface area contributed by atoms with Gasteiger partial charge in [0.15, 0.2) is 0 Å². The van der Waals surface area contributed by atoms with E-state index in [0.29, 0.717) is 5.92 Å². The van der Waals surface area contributed by atoms with Crippen LogP contribution in [0.5, 0.6) is 0 Å². The second-order valence-electron chi connectivity index (χ2n) is 6.16. The van der Waals surface area contributed by atoms with E-state index in [1.807, 2.05) is 18.7 Å². The molecule has 5 nitrogen and oxygen atoms in total. The summed E-state index contributed by atoms with van der Waals surface area (Å²) >= 11 is 0. The number of urea groups is 1. The first-order valence-corrected chi connectivity index (χ1v) is 7.86. The maximum Gasteiger partial charge on any atom is 0.317 e. The summed E-state index contributed by atoms with van der Waals surface area (Å²) in [5, 5.41) is 12.4. The fourth-order valence-electron chi connectivity index (χ4n) is 3.94. The van der Waals surface area contributed by atoms with Gasteiger partial charge in [0, 0.05) is 19.1 Å². The number of carbonyl (C=O) groups is 2. The average molecular weight is 282 g/mol. The number of nitrogens with one attached hydrogen (secondary N) is 1. The summed E-state index contributed by atoms with van der Waals surface area (Å²) in [7, 11) is 0. The summed E-state index contributed by atoms with van der Waals surface area (Å²) in [6.45, 7) is 5.57. The Morgan fingerprint density at radius 1 is 1.15 bits per heavy atom. The molecule has 2 N–H and O–H groups in total. The highest BCUT2D eigenvalue weighted by molar-refractivity contribution is 5.77. The Balaban J connectivity index is 2.00. The van der Waals surface area contributed by atoms with Crippen molar-refractivity contribution in [2.24, 2.45) is 17.8 Å². The van der Waals surface area contributed by atoms with E-state index in [2.05, 4.69) is 5.32 Å². The van der Waals surface area contributed by atoms with Gasteiger partial charge in [-0.2, -0.15) is 0 Å². The van der Waals surface area contributed by atoms with Crippen molar-refractivity contribution in [1.82, 2.24) is 10.2 Å². The second kappa shape index (κ2) is 6.46. The van der Waals surface area contributed by atoms with Gasteiger partial charge < -0.3 is 15.3 Å². The third-order valence-electron chi connectivity index (χ3n) is 4.77. The fraction of sp³-hybridized carbons (Fsp3) is 0.867. The molecule has 0 radical (unpaired) electrons. The van der Waals surface area contributed by atoms with E-state index >= 15 is 0 Å². The molecule has 2 saturated carbocycles. The Hall–Kier alpha value is -1.26. The van der Waals surface area contributed by atoms with Crippen LogP contribution in [0.15, 0.2) is 0 Å². The SMILES string of the molecule is CCCN(CCC)C(=O)NC1C2CCC(C2)C1C(=O)O. The van der Waals surface area contributed by atoms with E-state index in [-0.39, 0.29) is 23.9 Å². The normalized spacial score (nSPS) is 31.3. The van der Waals surface area contributed by atoms with E-state index < -0.39 is 5.97 Å². The lowest BCUT2D eigenvalue weighted by molar-refractivity contribution is -0.144. The number of nitrogens with zero attached hydrogens (tertiary/aromatic N) is 1. The molecule has 0 heterocycles. The standard InChI is InChI=1S/C15H26N2O3/c1-3-7-17(8-4-2)15(20)16-13-11-6-5-10(9-11)12(13)14(18)19/h10-13H,3-9H2,1-2H3,(H,16,20)(H,18,19). The number of aliphatic carboxylic acids is 1. The van der Waals surface area contributed by atoms with Crippen molar-refractivity contribution in [3.05, 3.63) is 0 Å². The number of hydrogen-bond acceptors (Lipinski definition) is 2. The minimum absolute atomic E-state index is 0.0856. The molecule has 5 heteroatoms. The van der Waals surface area contributed by atoms with Gasteiger partial charge in [-0.3, -0.25) is 4.79 Å². The van der Waals surface area contributed by atoms with Crippen LogP contribution in [0.4, 0.5) is 4.79 Å². The lowest BCUT2D eigenvalue weighted by atomic mass is 9.84. The summed E-state index contributed by atoms with van der Waals surface area (Å²) in [6, 6.07) is -0.257. The third kappa shape index (κ3) is 2.91. The molecule has 2 amide bonds. The number of amides is 2. The fourth-order valence-corrected chi connectivity index (χ4v) is 3.94. The van der Waals surface area contributed by atoms with E-state index in [4.69, 9.17) is 0 Å². The van der Waals surface area contributed by atoms with Gasteiger partial charge in [-0.15, -0.1) is 0 Å². The number of fused-ring (bicyclic) bond motifs is 2. The molecular weight excluding hydrogens is 256 g/mol. The maximum atomic E-state index is 12.3. The molecule has 0 aliphatic heterocycles. The van der Waals surface area contributed by atoms with E-state index in [0.717, 1.165) is 45.2 Å². The molecule has 0 aromatic heterocycles. The summed E-state index contributed by atoms with van der Waals surface area (Å²) in [6.07, 6.45) is 4.87. The van der Waals surface area contributed by atoms with E-state index in [1.165, 1.54) is 0 Å². The second-order valence-corrected chi connectivity index (χ2v) is 6.16. The van der Waals surface area contributed by atoms with Crippen LogP contribution in [0.1, 0.15) is 46.0 Å². The van der Waals surface area contributed by atoms with Crippen molar-refractivity contribution in [2.75, 3.05) is 13.1 Å². The van der Waals surface area contributed by atoms with Crippen LogP contribution in [0, 0.1) is 17.8 Å². The molecule has 114 valence electrons. The highest BCUT2D eigenvalue weighted by Crippen LogP contribution is 2.48. The Kier molecular flexibility index (Phi) is 4.89. The molecule has 2 fully saturated rings. The Morgan fingerprint density at radius 3 is 2.30 bits per heavy atom. The number of carbonyl (C=O) groups excluding carboxylic acids is 1. The molecule has 2 aliphatic carbocycles. The molecule has 0 spiro atoms. The van der Waals surface area contributed by atoms with Crippen LogP contribution in [-0.2, 0) is 4.79 Å². The van der Waals surface area contributed by atoms with Crippen molar-refractivity contribution in [1.29, 1.82) is 0 Å². The molecule has 2 rings (SSSR count). The molecule has 0 saturated heterocycles. The first kappa shape index (κ1) is 15.1. The Labute approximate surface area is 120 Å². The average Bonchev–Trinajstić information content (AvgIpc) is 2.98. The van der Waals surface area contributed by atoms with Gasteiger partial charge in [0.2, 0.25) is 0 Å². The Morgan fingerprint density at radius 2 is 1.75 bits per heavy atom. The molecule has 2 aliphatic rings. The van der Waals surface area contributed by atoms with Crippen LogP contribution >= 0.6 is 0 Å². The molecule has 0 aromatic rings. The van der Waals surface area contributed by atoms with Gasteiger partial charge >= 0.3 is 12.0 Å². The zero-order valence-electron chi connectivity index (χ0n) is 12.5. The third-order valence-corrected chi connectivity index (χ3v) is 4.77. The van der Waals surface area contributed by atoms with Crippen LogP contribution in [0.3, 0.4) is 0 Å². The largest absolute Gasteiger partial charge is 0.481 e. The maximum absolute atomic E-state index is 12.3. The minimum atomic E-state index is -0.750. The summed E-state index contributed by atoms with van der Waals surface area (Å²) in [5.41, 5.74) is 0. The zero-order chi connectivity index (χ0) is 14.7. The van der Waals surface area contributed by atoms with E-state index in [9.17, 15) is 14.7 Å². The van der Waals surface area contributed by atoms with Crippen LogP contribution in [-0.4, -0.2) is 41.1 Å². The molecule has 2 bridgehead atoms. The van der Waals surface area contributed by atoms with Crippen LogP contribution in [0.2, 0.25) is 0 Å².